The van der Waals surface area contributed by atoms with Gasteiger partial charge in [0.05, 0.1) is 24.1 Å². The van der Waals surface area contributed by atoms with E-state index in [0.717, 1.165) is 0 Å². The van der Waals surface area contributed by atoms with Crippen LogP contribution >= 0.6 is 0 Å². The number of halogens is 1. The second-order valence-electron chi connectivity index (χ2n) is 4.47. The van der Waals surface area contributed by atoms with E-state index < -0.39 is 5.97 Å². The van der Waals surface area contributed by atoms with Crippen LogP contribution in [0.2, 0.25) is 0 Å². The van der Waals surface area contributed by atoms with E-state index in [1.165, 1.54) is 18.3 Å². The van der Waals surface area contributed by atoms with Gasteiger partial charge in [0.2, 0.25) is 0 Å². The summed E-state index contributed by atoms with van der Waals surface area (Å²) >= 11 is 0. The van der Waals surface area contributed by atoms with Crippen LogP contribution in [0, 0.1) is 12.7 Å². The van der Waals surface area contributed by atoms with E-state index in [1.807, 2.05) is 0 Å². The van der Waals surface area contributed by atoms with Crippen LogP contribution in [0.25, 0.3) is 0 Å². The molecule has 21 heavy (non-hydrogen) atoms. The van der Waals surface area contributed by atoms with Crippen LogP contribution in [0.1, 0.15) is 22.8 Å². The Bertz CT molecular complexity index is 674. The minimum absolute atomic E-state index is 0.224. The molecule has 2 rings (SSSR count). The van der Waals surface area contributed by atoms with Crippen LogP contribution in [-0.4, -0.2) is 17.6 Å². The molecule has 0 aliphatic carbocycles. The second kappa shape index (κ2) is 6.21. The molecule has 0 saturated carbocycles. The molecule has 0 amide bonds. The number of hydrogen-bond acceptors (Lipinski definition) is 5. The van der Waals surface area contributed by atoms with Crippen molar-refractivity contribution in [2.24, 2.45) is 0 Å². The number of nitrogens with two attached hydrogens (primary N) is 1. The topological polar surface area (TPSA) is 77.2 Å². The number of esters is 1. The van der Waals surface area contributed by atoms with Crippen LogP contribution in [0.3, 0.4) is 0 Å². The predicted molar refractivity (Wildman–Crippen MR) is 79.0 cm³/mol. The molecule has 0 saturated heterocycles. The zero-order valence-corrected chi connectivity index (χ0v) is 11.8. The Hall–Kier alpha value is -2.63. The zero-order valence-electron chi connectivity index (χ0n) is 11.8. The number of carbonyl (C=O) groups excluding carboxylic acids is 1. The highest BCUT2D eigenvalue weighted by Gasteiger charge is 2.12. The van der Waals surface area contributed by atoms with Crippen LogP contribution in [0.15, 0.2) is 30.5 Å². The molecule has 1 aromatic heterocycles. The molecule has 0 bridgehead atoms. The summed E-state index contributed by atoms with van der Waals surface area (Å²) in [5.41, 5.74) is 7.25. The maximum Gasteiger partial charge on any atom is 0.340 e. The third-order valence-corrected chi connectivity index (χ3v) is 2.87. The van der Waals surface area contributed by atoms with E-state index >= 15 is 0 Å². The number of pyridine rings is 1. The van der Waals surface area contributed by atoms with Gasteiger partial charge in [0.25, 0.3) is 0 Å². The molecule has 0 aliphatic rings. The highest BCUT2D eigenvalue weighted by molar-refractivity contribution is 5.95. The smallest absolute Gasteiger partial charge is 0.340 e. The van der Waals surface area contributed by atoms with E-state index in [4.69, 9.17) is 10.5 Å². The normalized spacial score (nSPS) is 10.2. The lowest BCUT2D eigenvalue weighted by Crippen LogP contribution is -2.09. The molecule has 0 aliphatic heterocycles. The van der Waals surface area contributed by atoms with Gasteiger partial charge < -0.3 is 15.8 Å². The van der Waals surface area contributed by atoms with Crippen molar-refractivity contribution in [1.29, 1.82) is 0 Å². The molecule has 0 fully saturated rings. The van der Waals surface area contributed by atoms with Gasteiger partial charge in [0, 0.05) is 5.69 Å². The molecule has 1 heterocycles. The first-order valence-corrected chi connectivity index (χ1v) is 6.47. The van der Waals surface area contributed by atoms with Crippen LogP contribution < -0.4 is 11.1 Å². The van der Waals surface area contributed by atoms with E-state index in [0.29, 0.717) is 17.1 Å². The Morgan fingerprint density at radius 2 is 2.19 bits per heavy atom. The SMILES string of the molecule is CCOC(=O)c1cc(Nc2ccc(C)c(F)c2)ncc1N. The van der Waals surface area contributed by atoms with Gasteiger partial charge in [-0.15, -0.1) is 0 Å². The molecular weight excluding hydrogens is 273 g/mol. The van der Waals surface area contributed by atoms with Gasteiger partial charge in [-0.05, 0) is 37.6 Å². The van der Waals surface area contributed by atoms with Crippen LogP contribution in [0.4, 0.5) is 21.6 Å². The average Bonchev–Trinajstić information content (AvgIpc) is 2.45. The summed E-state index contributed by atoms with van der Waals surface area (Å²) in [6, 6.07) is 6.21. The van der Waals surface area contributed by atoms with Gasteiger partial charge in [0.1, 0.15) is 11.6 Å². The third-order valence-electron chi connectivity index (χ3n) is 2.87. The van der Waals surface area contributed by atoms with Crippen molar-refractivity contribution >= 4 is 23.2 Å². The molecule has 6 heteroatoms. The number of aryl methyl sites for hydroxylation is 1. The third kappa shape index (κ3) is 3.47. The minimum Gasteiger partial charge on any atom is -0.462 e. The first-order valence-electron chi connectivity index (χ1n) is 6.47. The zero-order chi connectivity index (χ0) is 15.4. The Kier molecular flexibility index (Phi) is 4.37. The number of nitrogens with one attached hydrogen (secondary N) is 1. The highest BCUT2D eigenvalue weighted by atomic mass is 19.1. The first-order chi connectivity index (χ1) is 10.0. The summed E-state index contributed by atoms with van der Waals surface area (Å²) in [6.07, 6.45) is 1.36. The summed E-state index contributed by atoms with van der Waals surface area (Å²) < 4.78 is 18.4. The number of hydrogen-bond donors (Lipinski definition) is 2. The highest BCUT2D eigenvalue weighted by Crippen LogP contribution is 2.21. The number of nitrogen functional groups attached to an aromatic ring is 1. The molecule has 0 atom stereocenters. The summed E-state index contributed by atoms with van der Waals surface area (Å²) in [7, 11) is 0. The summed E-state index contributed by atoms with van der Waals surface area (Å²) in [6.45, 7) is 3.65. The number of anilines is 3. The molecule has 5 nitrogen and oxygen atoms in total. The number of rotatable bonds is 4. The first kappa shape index (κ1) is 14.8. The van der Waals surface area contributed by atoms with Gasteiger partial charge >= 0.3 is 5.97 Å². The van der Waals surface area contributed by atoms with Crippen LogP contribution in [0.5, 0.6) is 0 Å². The lowest BCUT2D eigenvalue weighted by atomic mass is 10.2. The van der Waals surface area contributed by atoms with Crippen molar-refractivity contribution in [1.82, 2.24) is 4.98 Å². The van der Waals surface area contributed by atoms with Crippen molar-refractivity contribution in [2.45, 2.75) is 13.8 Å². The predicted octanol–water partition coefficient (Wildman–Crippen LogP) is 3.03. The maximum atomic E-state index is 13.5. The standard InChI is InChI=1S/C15H16FN3O2/c1-3-21-15(20)11-7-14(18-8-13(11)17)19-10-5-4-9(2)12(16)6-10/h4-8H,3,17H2,1-2H3,(H,18,19). The molecule has 2 aromatic rings. The van der Waals surface area contributed by atoms with Gasteiger partial charge in [-0.2, -0.15) is 0 Å². The molecular formula is C15H16FN3O2. The summed E-state index contributed by atoms with van der Waals surface area (Å²) in [4.78, 5) is 15.8. The van der Waals surface area contributed by atoms with Gasteiger partial charge in [-0.3, -0.25) is 0 Å². The fourth-order valence-electron chi connectivity index (χ4n) is 1.74. The molecule has 1 aromatic carbocycles. The van der Waals surface area contributed by atoms with Gasteiger partial charge in [-0.1, -0.05) is 6.07 Å². The Labute approximate surface area is 121 Å². The van der Waals surface area contributed by atoms with Crippen molar-refractivity contribution in [3.8, 4) is 0 Å². The number of carbonyl (C=O) groups is 1. The van der Waals surface area contributed by atoms with E-state index in [-0.39, 0.29) is 23.7 Å². The largest absolute Gasteiger partial charge is 0.462 e. The molecule has 110 valence electrons. The average molecular weight is 289 g/mol. The van der Waals surface area contributed by atoms with E-state index in [2.05, 4.69) is 10.3 Å². The van der Waals surface area contributed by atoms with Crippen LogP contribution in [-0.2, 0) is 4.74 Å². The Morgan fingerprint density at radius 3 is 2.86 bits per heavy atom. The fraction of sp³-hybridized carbons (Fsp3) is 0.200. The Balaban J connectivity index is 2.26. The second-order valence-corrected chi connectivity index (χ2v) is 4.47. The molecule has 3 N–H and O–H groups in total. The quantitative estimate of drug-likeness (QED) is 0.846. The molecule has 0 unspecified atom stereocenters. The number of ether oxygens (including phenoxy) is 1. The summed E-state index contributed by atoms with van der Waals surface area (Å²) in [5.74, 6) is -0.452. The van der Waals surface area contributed by atoms with Gasteiger partial charge in [0.15, 0.2) is 0 Å². The summed E-state index contributed by atoms with van der Waals surface area (Å²) in [5, 5.41) is 2.92. The Morgan fingerprint density at radius 1 is 1.43 bits per heavy atom. The fourth-order valence-corrected chi connectivity index (χ4v) is 1.74. The number of aromatic nitrogens is 1. The van der Waals surface area contributed by atoms with E-state index in [9.17, 15) is 9.18 Å². The van der Waals surface area contributed by atoms with Crippen molar-refractivity contribution in [3.05, 3.63) is 47.4 Å². The number of nitrogens with zero attached hydrogens (tertiary/aromatic N) is 1. The molecule has 0 radical (unpaired) electrons. The van der Waals surface area contributed by atoms with Gasteiger partial charge in [-0.25, -0.2) is 14.2 Å². The maximum absolute atomic E-state index is 13.5. The minimum atomic E-state index is -0.518. The van der Waals surface area contributed by atoms with Crippen molar-refractivity contribution < 1.29 is 13.9 Å². The molecule has 0 spiro atoms. The van der Waals surface area contributed by atoms with Crippen molar-refractivity contribution in [2.75, 3.05) is 17.7 Å². The lowest BCUT2D eigenvalue weighted by Gasteiger charge is -2.10. The monoisotopic (exact) mass is 289 g/mol. The van der Waals surface area contributed by atoms with E-state index in [1.54, 1.807) is 26.0 Å². The number of benzene rings is 1. The lowest BCUT2D eigenvalue weighted by molar-refractivity contribution is 0.0527. The van der Waals surface area contributed by atoms with Crippen molar-refractivity contribution in [3.63, 3.8) is 0 Å².